The summed E-state index contributed by atoms with van der Waals surface area (Å²) >= 11 is 0. The highest BCUT2D eigenvalue weighted by molar-refractivity contribution is 5.77. The number of nitrogens with one attached hydrogen (secondary N) is 1. The Morgan fingerprint density at radius 3 is 2.75 bits per heavy atom. The number of hydrogen-bond donors (Lipinski definition) is 2. The molecule has 1 aromatic rings. The Balaban J connectivity index is 2.45. The van der Waals surface area contributed by atoms with E-state index < -0.39 is 0 Å². The van der Waals surface area contributed by atoms with Crippen molar-refractivity contribution in [2.24, 2.45) is 5.73 Å². The van der Waals surface area contributed by atoms with Crippen molar-refractivity contribution in [1.29, 1.82) is 0 Å². The molecule has 0 saturated carbocycles. The number of carbonyl (C=O) groups is 1. The number of amides is 1. The molecule has 3 N–H and O–H groups in total. The topological polar surface area (TPSA) is 82.8 Å². The fraction of sp³-hybridized carbons (Fsp3) is 0.500. The van der Waals surface area contributed by atoms with Crippen molar-refractivity contribution in [3.63, 3.8) is 0 Å². The van der Waals surface area contributed by atoms with Crippen molar-refractivity contribution in [3.8, 4) is 11.5 Å². The summed E-state index contributed by atoms with van der Waals surface area (Å²) in [6, 6.07) is 5.40. The molecule has 0 atom stereocenters. The minimum absolute atomic E-state index is 0.0582. The van der Waals surface area contributed by atoms with Crippen molar-refractivity contribution in [3.05, 3.63) is 23.8 Å². The van der Waals surface area contributed by atoms with E-state index in [0.717, 1.165) is 12.0 Å². The van der Waals surface area contributed by atoms with Crippen LogP contribution in [0.4, 0.5) is 0 Å². The SMILES string of the molecule is COCCCNC(=O)COc1cc(CN)ccc1OC. The average Bonchev–Trinajstić information content (AvgIpc) is 2.49. The first-order valence-electron chi connectivity index (χ1n) is 6.46. The molecule has 112 valence electrons. The molecule has 0 spiro atoms. The van der Waals surface area contributed by atoms with Gasteiger partial charge in [0, 0.05) is 26.8 Å². The van der Waals surface area contributed by atoms with Gasteiger partial charge in [0.1, 0.15) is 0 Å². The van der Waals surface area contributed by atoms with E-state index in [0.29, 0.717) is 31.2 Å². The van der Waals surface area contributed by atoms with Crippen LogP contribution >= 0.6 is 0 Å². The highest BCUT2D eigenvalue weighted by Gasteiger charge is 2.08. The van der Waals surface area contributed by atoms with Gasteiger partial charge in [0.05, 0.1) is 7.11 Å². The van der Waals surface area contributed by atoms with Gasteiger partial charge in [-0.2, -0.15) is 0 Å². The number of methoxy groups -OCH3 is 2. The Morgan fingerprint density at radius 1 is 1.30 bits per heavy atom. The van der Waals surface area contributed by atoms with Crippen molar-refractivity contribution in [1.82, 2.24) is 5.32 Å². The first-order chi connectivity index (χ1) is 9.71. The second-order valence-corrected chi connectivity index (χ2v) is 4.17. The lowest BCUT2D eigenvalue weighted by Crippen LogP contribution is -2.30. The van der Waals surface area contributed by atoms with Gasteiger partial charge in [-0.25, -0.2) is 0 Å². The lowest BCUT2D eigenvalue weighted by atomic mass is 10.2. The summed E-state index contributed by atoms with van der Waals surface area (Å²) < 4.78 is 15.5. The van der Waals surface area contributed by atoms with E-state index in [4.69, 9.17) is 19.9 Å². The summed E-state index contributed by atoms with van der Waals surface area (Å²) in [5.41, 5.74) is 6.49. The number of hydrogen-bond acceptors (Lipinski definition) is 5. The second kappa shape index (κ2) is 9.17. The van der Waals surface area contributed by atoms with E-state index in [-0.39, 0.29) is 12.5 Å². The summed E-state index contributed by atoms with van der Waals surface area (Å²) in [7, 11) is 3.18. The summed E-state index contributed by atoms with van der Waals surface area (Å²) in [6.45, 7) is 1.53. The lowest BCUT2D eigenvalue weighted by Gasteiger charge is -2.12. The van der Waals surface area contributed by atoms with Crippen LogP contribution in [0.5, 0.6) is 11.5 Å². The van der Waals surface area contributed by atoms with Crippen LogP contribution in [0, 0.1) is 0 Å². The van der Waals surface area contributed by atoms with Gasteiger partial charge < -0.3 is 25.3 Å². The maximum atomic E-state index is 11.6. The molecule has 0 aliphatic heterocycles. The third-order valence-corrected chi connectivity index (χ3v) is 2.67. The molecule has 6 heteroatoms. The minimum Gasteiger partial charge on any atom is -0.493 e. The Labute approximate surface area is 119 Å². The van der Waals surface area contributed by atoms with Crippen LogP contribution in [-0.2, 0) is 16.1 Å². The van der Waals surface area contributed by atoms with E-state index in [1.54, 1.807) is 26.4 Å². The molecule has 0 fully saturated rings. The molecule has 0 bridgehead atoms. The number of nitrogens with two attached hydrogens (primary N) is 1. The Hall–Kier alpha value is -1.79. The van der Waals surface area contributed by atoms with E-state index >= 15 is 0 Å². The fourth-order valence-electron chi connectivity index (χ4n) is 1.60. The summed E-state index contributed by atoms with van der Waals surface area (Å²) in [4.78, 5) is 11.6. The van der Waals surface area contributed by atoms with Gasteiger partial charge in [-0.1, -0.05) is 6.07 Å². The molecule has 0 aliphatic carbocycles. The van der Waals surface area contributed by atoms with Crippen LogP contribution < -0.4 is 20.5 Å². The van der Waals surface area contributed by atoms with Crippen molar-refractivity contribution in [2.45, 2.75) is 13.0 Å². The van der Waals surface area contributed by atoms with Crippen molar-refractivity contribution < 1.29 is 19.0 Å². The summed E-state index contributed by atoms with van der Waals surface area (Å²) in [5, 5.41) is 2.74. The first-order valence-corrected chi connectivity index (χ1v) is 6.46. The van der Waals surface area contributed by atoms with Crippen LogP contribution in [0.15, 0.2) is 18.2 Å². The van der Waals surface area contributed by atoms with Crippen LogP contribution in [0.3, 0.4) is 0 Å². The lowest BCUT2D eigenvalue weighted by molar-refractivity contribution is -0.123. The van der Waals surface area contributed by atoms with Crippen LogP contribution in [0.25, 0.3) is 0 Å². The quantitative estimate of drug-likeness (QED) is 0.651. The summed E-state index contributed by atoms with van der Waals surface area (Å²) in [6.07, 6.45) is 0.772. The zero-order valence-corrected chi connectivity index (χ0v) is 12.0. The Bertz CT molecular complexity index is 424. The van der Waals surface area contributed by atoms with Crippen LogP contribution in [-0.4, -0.2) is 39.9 Å². The van der Waals surface area contributed by atoms with Crippen LogP contribution in [0.2, 0.25) is 0 Å². The molecule has 1 amide bonds. The monoisotopic (exact) mass is 282 g/mol. The Kier molecular flexibility index (Phi) is 7.46. The van der Waals surface area contributed by atoms with E-state index in [1.165, 1.54) is 0 Å². The Morgan fingerprint density at radius 2 is 2.10 bits per heavy atom. The molecule has 1 rings (SSSR count). The molecule has 0 aliphatic rings. The zero-order valence-electron chi connectivity index (χ0n) is 12.0. The third-order valence-electron chi connectivity index (χ3n) is 2.67. The maximum Gasteiger partial charge on any atom is 0.257 e. The standard InChI is InChI=1S/C14H22N2O4/c1-18-7-3-6-16-14(17)10-20-13-8-11(9-15)4-5-12(13)19-2/h4-5,8H,3,6-7,9-10,15H2,1-2H3,(H,16,17). The predicted octanol–water partition coefficient (Wildman–Crippen LogP) is 0.685. The van der Waals surface area contributed by atoms with Gasteiger partial charge in [-0.05, 0) is 24.1 Å². The van der Waals surface area contributed by atoms with Gasteiger partial charge in [-0.15, -0.1) is 0 Å². The molecular formula is C14H22N2O4. The van der Waals surface area contributed by atoms with E-state index in [9.17, 15) is 4.79 Å². The fourth-order valence-corrected chi connectivity index (χ4v) is 1.60. The molecule has 0 unspecified atom stereocenters. The molecule has 0 radical (unpaired) electrons. The first kappa shape index (κ1) is 16.3. The molecule has 6 nitrogen and oxygen atoms in total. The van der Waals surface area contributed by atoms with Crippen LogP contribution in [0.1, 0.15) is 12.0 Å². The highest BCUT2D eigenvalue weighted by atomic mass is 16.5. The average molecular weight is 282 g/mol. The van der Waals surface area contributed by atoms with E-state index in [1.807, 2.05) is 6.07 Å². The molecule has 0 heterocycles. The predicted molar refractivity (Wildman–Crippen MR) is 75.9 cm³/mol. The number of benzene rings is 1. The second-order valence-electron chi connectivity index (χ2n) is 4.17. The van der Waals surface area contributed by atoms with Gasteiger partial charge in [-0.3, -0.25) is 4.79 Å². The largest absolute Gasteiger partial charge is 0.493 e. The van der Waals surface area contributed by atoms with Gasteiger partial charge >= 0.3 is 0 Å². The highest BCUT2D eigenvalue weighted by Crippen LogP contribution is 2.27. The number of rotatable bonds is 9. The maximum absolute atomic E-state index is 11.6. The normalized spacial score (nSPS) is 10.2. The number of ether oxygens (including phenoxy) is 3. The molecule has 1 aromatic carbocycles. The summed E-state index contributed by atoms with van der Waals surface area (Å²) in [5.74, 6) is 0.915. The molecule has 0 saturated heterocycles. The van der Waals surface area contributed by atoms with Gasteiger partial charge in [0.15, 0.2) is 18.1 Å². The number of carbonyl (C=O) groups excluding carboxylic acids is 1. The molecule has 0 aromatic heterocycles. The molecular weight excluding hydrogens is 260 g/mol. The molecule has 20 heavy (non-hydrogen) atoms. The van der Waals surface area contributed by atoms with Gasteiger partial charge in [0.25, 0.3) is 5.91 Å². The van der Waals surface area contributed by atoms with Gasteiger partial charge in [0.2, 0.25) is 0 Å². The van der Waals surface area contributed by atoms with Crippen molar-refractivity contribution in [2.75, 3.05) is 34.0 Å². The smallest absolute Gasteiger partial charge is 0.257 e. The third kappa shape index (κ3) is 5.46. The van der Waals surface area contributed by atoms with E-state index in [2.05, 4.69) is 5.32 Å². The zero-order chi connectivity index (χ0) is 14.8. The minimum atomic E-state index is -0.179. The van der Waals surface area contributed by atoms with Crippen molar-refractivity contribution >= 4 is 5.91 Å².